The third kappa shape index (κ3) is 4.53. The lowest BCUT2D eigenvalue weighted by atomic mass is 10.2. The minimum Gasteiger partial charge on any atom is -0.384 e. The first-order valence-corrected chi connectivity index (χ1v) is 8.30. The highest BCUT2D eigenvalue weighted by Gasteiger charge is 2.26. The number of sulfonamides is 1. The summed E-state index contributed by atoms with van der Waals surface area (Å²) in [6.45, 7) is 4.15. The summed E-state index contributed by atoms with van der Waals surface area (Å²) in [4.78, 5) is -0.334. The highest BCUT2D eigenvalue weighted by molar-refractivity contribution is 7.89. The minimum absolute atomic E-state index is 0.331. The van der Waals surface area contributed by atoms with Crippen molar-refractivity contribution in [3.05, 3.63) is 29.6 Å². The summed E-state index contributed by atoms with van der Waals surface area (Å²) in [5.41, 5.74) is 0.332. The third-order valence-corrected chi connectivity index (χ3v) is 4.74. The molecule has 0 aliphatic carbocycles. The van der Waals surface area contributed by atoms with Crippen molar-refractivity contribution < 1.29 is 17.9 Å². The van der Waals surface area contributed by atoms with Crippen molar-refractivity contribution in [3.8, 4) is 11.8 Å². The average Bonchev–Trinajstić information content (AvgIpc) is 2.44. The molecule has 116 valence electrons. The molecule has 0 fully saturated rings. The first kappa shape index (κ1) is 17.6. The maximum atomic E-state index is 14.1. The van der Waals surface area contributed by atoms with Crippen LogP contribution in [0.3, 0.4) is 0 Å². The van der Waals surface area contributed by atoms with Crippen molar-refractivity contribution in [2.75, 3.05) is 19.7 Å². The maximum absolute atomic E-state index is 14.1. The number of rotatable bonds is 6. The van der Waals surface area contributed by atoms with Crippen molar-refractivity contribution in [2.24, 2.45) is 0 Å². The Morgan fingerprint density at radius 1 is 1.24 bits per heavy atom. The van der Waals surface area contributed by atoms with E-state index in [4.69, 9.17) is 5.11 Å². The van der Waals surface area contributed by atoms with Gasteiger partial charge in [-0.1, -0.05) is 25.7 Å². The molecule has 0 saturated heterocycles. The van der Waals surface area contributed by atoms with E-state index in [1.165, 1.54) is 16.4 Å². The Morgan fingerprint density at radius 3 is 2.33 bits per heavy atom. The maximum Gasteiger partial charge on any atom is 0.245 e. The largest absolute Gasteiger partial charge is 0.384 e. The predicted molar refractivity (Wildman–Crippen MR) is 79.7 cm³/mol. The fourth-order valence-corrected chi connectivity index (χ4v) is 3.59. The van der Waals surface area contributed by atoms with Gasteiger partial charge < -0.3 is 5.11 Å². The molecule has 0 aliphatic heterocycles. The van der Waals surface area contributed by atoms with Crippen molar-refractivity contribution in [1.29, 1.82) is 0 Å². The van der Waals surface area contributed by atoms with Crippen LogP contribution >= 0.6 is 0 Å². The van der Waals surface area contributed by atoms with E-state index in [9.17, 15) is 12.8 Å². The Labute approximate surface area is 125 Å². The average molecular weight is 313 g/mol. The van der Waals surface area contributed by atoms with Crippen LogP contribution in [0.2, 0.25) is 0 Å². The molecule has 1 rings (SSSR count). The predicted octanol–water partition coefficient (Wildman–Crippen LogP) is 1.98. The van der Waals surface area contributed by atoms with Crippen molar-refractivity contribution in [1.82, 2.24) is 4.31 Å². The molecular formula is C15H20FNO3S. The van der Waals surface area contributed by atoms with Crippen molar-refractivity contribution in [3.63, 3.8) is 0 Å². The van der Waals surface area contributed by atoms with E-state index < -0.39 is 15.8 Å². The summed E-state index contributed by atoms with van der Waals surface area (Å²) >= 11 is 0. The summed E-state index contributed by atoms with van der Waals surface area (Å²) < 4.78 is 40.3. The van der Waals surface area contributed by atoms with Gasteiger partial charge in [0.25, 0.3) is 0 Å². The van der Waals surface area contributed by atoms with E-state index in [1.807, 2.05) is 13.8 Å². The molecule has 0 heterocycles. The van der Waals surface area contributed by atoms with Crippen molar-refractivity contribution in [2.45, 2.75) is 31.6 Å². The molecular weight excluding hydrogens is 293 g/mol. The van der Waals surface area contributed by atoms with Gasteiger partial charge in [-0.05, 0) is 31.0 Å². The molecule has 0 amide bonds. The quantitative estimate of drug-likeness (QED) is 0.817. The van der Waals surface area contributed by atoms with Gasteiger partial charge in [0.1, 0.15) is 17.3 Å². The van der Waals surface area contributed by atoms with E-state index in [1.54, 1.807) is 0 Å². The Balaban J connectivity index is 3.18. The molecule has 0 spiro atoms. The lowest BCUT2D eigenvalue weighted by Crippen LogP contribution is -2.33. The highest BCUT2D eigenvalue weighted by Crippen LogP contribution is 2.21. The van der Waals surface area contributed by atoms with Gasteiger partial charge in [-0.3, -0.25) is 0 Å². The molecule has 1 aromatic rings. The molecule has 0 unspecified atom stereocenters. The zero-order chi connectivity index (χ0) is 15.9. The van der Waals surface area contributed by atoms with Gasteiger partial charge >= 0.3 is 0 Å². The van der Waals surface area contributed by atoms with Crippen LogP contribution < -0.4 is 0 Å². The number of halogens is 1. The Hall–Kier alpha value is -1.42. The summed E-state index contributed by atoms with van der Waals surface area (Å²) in [5.74, 6) is 4.12. The SMILES string of the molecule is CCCN(CCC)S(=O)(=O)c1ccc(C#CCO)cc1F. The van der Waals surface area contributed by atoms with Gasteiger partial charge in [-0.25, -0.2) is 12.8 Å². The van der Waals surface area contributed by atoms with Crippen LogP contribution in [0.15, 0.2) is 23.1 Å². The van der Waals surface area contributed by atoms with Crippen LogP contribution in [0.25, 0.3) is 0 Å². The first-order valence-electron chi connectivity index (χ1n) is 6.86. The monoisotopic (exact) mass is 313 g/mol. The van der Waals surface area contributed by atoms with Gasteiger partial charge in [0.15, 0.2) is 0 Å². The Kier molecular flexibility index (Phi) is 6.82. The van der Waals surface area contributed by atoms with Crippen LogP contribution in [0.5, 0.6) is 0 Å². The van der Waals surface area contributed by atoms with E-state index in [-0.39, 0.29) is 11.5 Å². The van der Waals surface area contributed by atoms with Gasteiger partial charge in [0, 0.05) is 18.7 Å². The van der Waals surface area contributed by atoms with Crippen LogP contribution in [-0.2, 0) is 10.0 Å². The number of aliphatic hydroxyl groups is 1. The van der Waals surface area contributed by atoms with Gasteiger partial charge in [-0.15, -0.1) is 0 Å². The molecule has 0 radical (unpaired) electrons. The first-order chi connectivity index (χ1) is 9.97. The molecule has 6 heteroatoms. The van der Waals surface area contributed by atoms with Gasteiger partial charge in [0.2, 0.25) is 10.0 Å². The molecule has 0 bridgehead atoms. The molecule has 21 heavy (non-hydrogen) atoms. The second kappa shape index (κ2) is 8.13. The fraction of sp³-hybridized carbons (Fsp3) is 0.467. The van der Waals surface area contributed by atoms with Crippen LogP contribution in [0, 0.1) is 17.7 Å². The molecule has 0 aromatic heterocycles. The third-order valence-electron chi connectivity index (χ3n) is 2.81. The standard InChI is InChI=1S/C15H20FNO3S/c1-3-9-17(10-4-2)21(19,20)15-8-7-13(6-5-11-18)12-14(15)16/h7-8,12,18H,3-4,9-11H2,1-2H3. The number of hydrogen-bond acceptors (Lipinski definition) is 3. The zero-order valence-corrected chi connectivity index (χ0v) is 13.1. The van der Waals surface area contributed by atoms with Crippen LogP contribution in [0.4, 0.5) is 4.39 Å². The lowest BCUT2D eigenvalue weighted by Gasteiger charge is -2.21. The molecule has 4 nitrogen and oxygen atoms in total. The van der Waals surface area contributed by atoms with E-state index >= 15 is 0 Å². The lowest BCUT2D eigenvalue weighted by molar-refractivity contribution is 0.350. The van der Waals surface area contributed by atoms with Crippen molar-refractivity contribution >= 4 is 10.0 Å². The van der Waals surface area contributed by atoms with Crippen LogP contribution in [0.1, 0.15) is 32.3 Å². The molecule has 1 aromatic carbocycles. The topological polar surface area (TPSA) is 57.6 Å². The number of aliphatic hydroxyl groups excluding tert-OH is 1. The summed E-state index contributed by atoms with van der Waals surface area (Å²) in [7, 11) is -3.83. The van der Waals surface area contributed by atoms with E-state index in [2.05, 4.69) is 11.8 Å². The summed E-state index contributed by atoms with van der Waals surface area (Å²) in [5, 5.41) is 8.60. The van der Waals surface area contributed by atoms with E-state index in [0.29, 0.717) is 31.5 Å². The highest BCUT2D eigenvalue weighted by atomic mass is 32.2. The second-order valence-corrected chi connectivity index (χ2v) is 6.42. The van der Waals surface area contributed by atoms with E-state index in [0.717, 1.165) is 6.07 Å². The Bertz CT molecular complexity index is 626. The minimum atomic E-state index is -3.83. The number of hydrogen-bond donors (Lipinski definition) is 1. The zero-order valence-electron chi connectivity index (χ0n) is 12.3. The Morgan fingerprint density at radius 2 is 1.86 bits per heavy atom. The molecule has 1 N–H and O–H groups in total. The molecule has 0 aliphatic rings. The fourth-order valence-electron chi connectivity index (χ4n) is 1.92. The number of nitrogens with zero attached hydrogens (tertiary/aromatic N) is 1. The smallest absolute Gasteiger partial charge is 0.245 e. The second-order valence-electron chi connectivity index (χ2n) is 4.51. The number of benzene rings is 1. The van der Waals surface area contributed by atoms with Gasteiger partial charge in [0.05, 0.1) is 0 Å². The summed E-state index contributed by atoms with van der Waals surface area (Å²) in [6.07, 6.45) is 1.34. The van der Waals surface area contributed by atoms with Crippen LogP contribution in [-0.4, -0.2) is 37.5 Å². The summed E-state index contributed by atoms with van der Waals surface area (Å²) in [6, 6.07) is 3.74. The molecule has 0 saturated carbocycles. The normalized spacial score (nSPS) is 11.3. The molecule has 0 atom stereocenters. The van der Waals surface area contributed by atoms with Gasteiger partial charge in [-0.2, -0.15) is 4.31 Å².